The Labute approximate surface area is 137 Å². The van der Waals surface area contributed by atoms with E-state index < -0.39 is 11.7 Å². The zero-order valence-electron chi connectivity index (χ0n) is 14.4. The minimum absolute atomic E-state index is 0.109. The lowest BCUT2D eigenvalue weighted by Crippen LogP contribution is -2.44. The monoisotopic (exact) mass is 322 g/mol. The van der Waals surface area contributed by atoms with Gasteiger partial charge in [-0.1, -0.05) is 18.2 Å². The second-order valence-corrected chi connectivity index (χ2v) is 7.24. The van der Waals surface area contributed by atoms with Crippen LogP contribution in [0.3, 0.4) is 0 Å². The van der Waals surface area contributed by atoms with Crippen LogP contribution in [0.25, 0.3) is 0 Å². The largest absolute Gasteiger partial charge is 0.444 e. The van der Waals surface area contributed by atoms with Gasteiger partial charge in [0.1, 0.15) is 11.4 Å². The Morgan fingerprint density at radius 2 is 2.00 bits per heavy atom. The van der Waals surface area contributed by atoms with Gasteiger partial charge in [-0.2, -0.15) is 0 Å². The number of rotatable bonds is 6. The van der Waals surface area contributed by atoms with Crippen molar-refractivity contribution < 1.29 is 13.9 Å². The highest BCUT2D eigenvalue weighted by atomic mass is 19.1. The Kier molecular flexibility index (Phi) is 5.63. The van der Waals surface area contributed by atoms with Crippen molar-refractivity contribution in [3.05, 3.63) is 35.6 Å². The molecular formula is C18H27FN2O2. The summed E-state index contributed by atoms with van der Waals surface area (Å²) in [5.41, 5.74) is 0.142. The fraction of sp³-hybridized carbons (Fsp3) is 0.611. The van der Waals surface area contributed by atoms with Crippen LogP contribution >= 0.6 is 0 Å². The van der Waals surface area contributed by atoms with Crippen molar-refractivity contribution >= 4 is 6.09 Å². The molecule has 2 atom stereocenters. The number of alkyl carbamates (subject to hydrolysis) is 1. The molecule has 1 aromatic carbocycles. The molecule has 0 radical (unpaired) electrons. The Bertz CT molecular complexity index is 538. The molecule has 0 aromatic heterocycles. The van der Waals surface area contributed by atoms with Crippen molar-refractivity contribution in [2.24, 2.45) is 5.92 Å². The summed E-state index contributed by atoms with van der Waals surface area (Å²) in [6.07, 6.45) is 1.86. The first-order chi connectivity index (χ1) is 10.8. The molecule has 128 valence electrons. The van der Waals surface area contributed by atoms with Crippen molar-refractivity contribution in [1.29, 1.82) is 0 Å². The lowest BCUT2D eigenvalue weighted by Gasteiger charge is -2.25. The molecule has 0 bridgehead atoms. The fourth-order valence-electron chi connectivity index (χ4n) is 2.60. The molecule has 1 amide bonds. The molecule has 2 N–H and O–H groups in total. The van der Waals surface area contributed by atoms with E-state index in [0.29, 0.717) is 18.0 Å². The molecule has 0 heterocycles. The van der Waals surface area contributed by atoms with Gasteiger partial charge in [0.2, 0.25) is 0 Å². The molecule has 5 heteroatoms. The Morgan fingerprint density at radius 3 is 2.57 bits per heavy atom. The summed E-state index contributed by atoms with van der Waals surface area (Å²) in [5, 5.41) is 6.26. The number of benzene rings is 1. The highest BCUT2D eigenvalue weighted by Gasteiger charge is 2.33. The average molecular weight is 322 g/mol. The summed E-state index contributed by atoms with van der Waals surface area (Å²) in [4.78, 5) is 11.8. The van der Waals surface area contributed by atoms with Crippen LogP contribution in [-0.2, 0) is 4.74 Å². The number of carbonyl (C=O) groups excluding carboxylic acids is 1. The highest BCUT2D eigenvalue weighted by molar-refractivity contribution is 5.67. The van der Waals surface area contributed by atoms with E-state index in [1.54, 1.807) is 12.1 Å². The molecular weight excluding hydrogens is 295 g/mol. The third kappa shape index (κ3) is 5.82. The maximum Gasteiger partial charge on any atom is 0.407 e. The van der Waals surface area contributed by atoms with Gasteiger partial charge < -0.3 is 15.4 Å². The fourth-order valence-corrected chi connectivity index (χ4v) is 2.60. The van der Waals surface area contributed by atoms with Crippen molar-refractivity contribution in [1.82, 2.24) is 10.6 Å². The maximum absolute atomic E-state index is 13.9. The van der Waals surface area contributed by atoms with Crippen LogP contribution in [0.15, 0.2) is 24.3 Å². The predicted octanol–water partition coefficient (Wildman–Crippen LogP) is 3.78. The normalized spacial score (nSPS) is 17.4. The van der Waals surface area contributed by atoms with Gasteiger partial charge in [0.25, 0.3) is 0 Å². The van der Waals surface area contributed by atoms with Gasteiger partial charge in [-0.3, -0.25) is 0 Å². The van der Waals surface area contributed by atoms with Crippen molar-refractivity contribution in [3.8, 4) is 0 Å². The number of halogens is 1. The van der Waals surface area contributed by atoms with E-state index in [4.69, 9.17) is 4.74 Å². The van der Waals surface area contributed by atoms with Gasteiger partial charge in [0, 0.05) is 24.2 Å². The second-order valence-electron chi connectivity index (χ2n) is 7.24. The minimum Gasteiger partial charge on any atom is -0.444 e. The van der Waals surface area contributed by atoms with Gasteiger partial charge in [0.15, 0.2) is 0 Å². The van der Waals surface area contributed by atoms with Gasteiger partial charge in [-0.25, -0.2) is 9.18 Å². The van der Waals surface area contributed by atoms with Crippen LogP contribution in [0.2, 0.25) is 0 Å². The summed E-state index contributed by atoms with van der Waals surface area (Å²) in [6.45, 7) is 7.94. The smallest absolute Gasteiger partial charge is 0.407 e. The van der Waals surface area contributed by atoms with Crippen molar-refractivity contribution in [2.75, 3.05) is 6.54 Å². The Balaban J connectivity index is 1.89. The lowest BCUT2D eigenvalue weighted by atomic mass is 10.1. The van der Waals surface area contributed by atoms with Gasteiger partial charge in [-0.15, -0.1) is 0 Å². The minimum atomic E-state index is -0.507. The molecule has 1 aliphatic carbocycles. The van der Waals surface area contributed by atoms with Crippen molar-refractivity contribution in [2.45, 2.75) is 58.2 Å². The first-order valence-electron chi connectivity index (χ1n) is 8.23. The van der Waals surface area contributed by atoms with Crippen LogP contribution in [0.5, 0.6) is 0 Å². The lowest BCUT2D eigenvalue weighted by molar-refractivity contribution is 0.0520. The third-order valence-corrected chi connectivity index (χ3v) is 3.89. The van der Waals surface area contributed by atoms with Crippen LogP contribution < -0.4 is 10.6 Å². The van der Waals surface area contributed by atoms with E-state index in [0.717, 1.165) is 12.8 Å². The van der Waals surface area contributed by atoms with Crippen LogP contribution in [-0.4, -0.2) is 24.3 Å². The second kappa shape index (κ2) is 7.30. The zero-order valence-corrected chi connectivity index (χ0v) is 14.4. The molecule has 1 fully saturated rings. The van der Waals surface area contributed by atoms with E-state index in [-0.39, 0.29) is 17.9 Å². The average Bonchev–Trinajstić information content (AvgIpc) is 3.26. The Hall–Kier alpha value is -1.62. The molecule has 0 aliphatic heterocycles. The highest BCUT2D eigenvalue weighted by Crippen LogP contribution is 2.33. The standard InChI is InChI=1S/C18H27FN2O2/c1-12(14-7-5-6-8-15(14)19)21-16(13-9-10-13)11-20-17(22)23-18(2,3)4/h5-8,12-13,16,21H,9-11H2,1-4H3,(H,20,22). The number of ether oxygens (including phenoxy) is 1. The summed E-state index contributed by atoms with van der Waals surface area (Å²) in [6, 6.07) is 6.80. The van der Waals surface area contributed by atoms with E-state index in [1.807, 2.05) is 33.8 Å². The molecule has 1 aromatic rings. The van der Waals surface area contributed by atoms with Crippen LogP contribution in [0.4, 0.5) is 9.18 Å². The Morgan fingerprint density at radius 1 is 1.35 bits per heavy atom. The molecule has 23 heavy (non-hydrogen) atoms. The van der Waals surface area contributed by atoms with E-state index in [9.17, 15) is 9.18 Å². The van der Waals surface area contributed by atoms with Gasteiger partial charge >= 0.3 is 6.09 Å². The van der Waals surface area contributed by atoms with E-state index in [2.05, 4.69) is 10.6 Å². The summed E-state index contributed by atoms with van der Waals surface area (Å²) in [5.74, 6) is 0.321. The predicted molar refractivity (Wildman–Crippen MR) is 88.7 cm³/mol. The third-order valence-electron chi connectivity index (χ3n) is 3.89. The van der Waals surface area contributed by atoms with Crippen LogP contribution in [0.1, 0.15) is 52.1 Å². The van der Waals surface area contributed by atoms with Gasteiger partial charge in [-0.05, 0) is 52.5 Å². The number of amides is 1. The first-order valence-corrected chi connectivity index (χ1v) is 8.23. The maximum atomic E-state index is 13.9. The summed E-state index contributed by atoms with van der Waals surface area (Å²) in [7, 11) is 0. The molecule has 4 nitrogen and oxygen atoms in total. The van der Waals surface area contributed by atoms with Crippen molar-refractivity contribution in [3.63, 3.8) is 0 Å². The molecule has 0 saturated heterocycles. The molecule has 0 spiro atoms. The molecule has 1 aliphatic rings. The van der Waals surface area contributed by atoms with Gasteiger partial charge in [0.05, 0.1) is 0 Å². The molecule has 2 unspecified atom stereocenters. The first kappa shape index (κ1) is 17.7. The summed E-state index contributed by atoms with van der Waals surface area (Å²) < 4.78 is 19.1. The number of carbonyl (C=O) groups is 1. The van der Waals surface area contributed by atoms with E-state index >= 15 is 0 Å². The molecule has 2 rings (SSSR count). The molecule has 1 saturated carbocycles. The van der Waals surface area contributed by atoms with E-state index in [1.165, 1.54) is 6.07 Å². The quantitative estimate of drug-likeness (QED) is 0.838. The SMILES string of the molecule is CC(NC(CNC(=O)OC(C)(C)C)C1CC1)c1ccccc1F. The topological polar surface area (TPSA) is 50.4 Å². The number of hydrogen-bond acceptors (Lipinski definition) is 3. The number of nitrogens with one attached hydrogen (secondary N) is 2. The van der Waals surface area contributed by atoms with Crippen LogP contribution in [0, 0.1) is 11.7 Å². The zero-order chi connectivity index (χ0) is 17.0. The number of hydrogen-bond donors (Lipinski definition) is 2. The summed E-state index contributed by atoms with van der Waals surface area (Å²) >= 11 is 0.